The number of fused-ring (bicyclic) bond motifs is 7. The van der Waals surface area contributed by atoms with Gasteiger partial charge in [-0.2, -0.15) is 0 Å². The molecule has 2 N–H and O–H groups in total. The molecule has 0 aromatic rings. The fourth-order valence-corrected chi connectivity index (χ4v) is 11.0. The monoisotopic (exact) mass is 442 g/mol. The zero-order valence-corrected chi connectivity index (χ0v) is 22.2. The van der Waals surface area contributed by atoms with E-state index in [4.69, 9.17) is 0 Å². The summed E-state index contributed by atoms with van der Waals surface area (Å²) >= 11 is 0. The van der Waals surface area contributed by atoms with E-state index < -0.39 is 0 Å². The van der Waals surface area contributed by atoms with Gasteiger partial charge in [-0.15, -0.1) is 0 Å². The maximum atomic E-state index is 11.7. The highest BCUT2D eigenvalue weighted by molar-refractivity contribution is 5.34. The number of aliphatic hydroxyl groups is 2. The summed E-state index contributed by atoms with van der Waals surface area (Å²) in [4.78, 5) is 0. The predicted octanol–water partition coefficient (Wildman–Crippen LogP) is 7.00. The van der Waals surface area contributed by atoms with Crippen LogP contribution in [0.25, 0.3) is 0 Å². The minimum atomic E-state index is -0.199. The van der Waals surface area contributed by atoms with Crippen LogP contribution >= 0.6 is 0 Å². The largest absolute Gasteiger partial charge is 0.393 e. The van der Waals surface area contributed by atoms with Gasteiger partial charge >= 0.3 is 0 Å². The lowest BCUT2D eigenvalue weighted by Gasteiger charge is -2.72. The van der Waals surface area contributed by atoms with Gasteiger partial charge in [0.05, 0.1) is 12.2 Å². The van der Waals surface area contributed by atoms with Gasteiger partial charge in [0, 0.05) is 0 Å². The molecule has 2 heteroatoms. The zero-order chi connectivity index (χ0) is 23.5. The van der Waals surface area contributed by atoms with E-state index in [-0.39, 0.29) is 39.3 Å². The van der Waals surface area contributed by atoms with E-state index in [2.05, 4.69) is 61.5 Å². The van der Waals surface area contributed by atoms with Crippen molar-refractivity contribution in [1.82, 2.24) is 0 Å². The van der Waals surface area contributed by atoms with E-state index in [1.807, 2.05) is 0 Å². The van der Waals surface area contributed by atoms with Crippen molar-refractivity contribution in [2.75, 3.05) is 0 Å². The Bertz CT molecular complexity index is 814. The summed E-state index contributed by atoms with van der Waals surface area (Å²) in [5.74, 6) is 3.16. The van der Waals surface area contributed by atoms with Crippen LogP contribution in [0.5, 0.6) is 0 Å². The minimum Gasteiger partial charge on any atom is -0.393 e. The first-order valence-corrected chi connectivity index (χ1v) is 13.8. The molecule has 1 unspecified atom stereocenters. The Morgan fingerprint density at radius 2 is 1.47 bits per heavy atom. The number of allylic oxidation sites excluding steroid dienone is 2. The maximum Gasteiger partial charge on any atom is 0.0605 e. The zero-order valence-electron chi connectivity index (χ0n) is 22.2. The van der Waals surface area contributed by atoms with Crippen LogP contribution in [0.1, 0.15) is 107 Å². The second-order valence-corrected chi connectivity index (χ2v) is 14.7. The highest BCUT2D eigenvalue weighted by Crippen LogP contribution is 2.75. The van der Waals surface area contributed by atoms with Crippen LogP contribution in [0.2, 0.25) is 0 Å². The first-order valence-electron chi connectivity index (χ1n) is 13.8. The SMILES string of the molecule is C[C@@H]1CC[C@@]2(C)C([C@H]1C)[C@]1(C)CC[C@H]3C(=CC[C@H]4C(C)(C)[C@@H](O)CC[C@]34C)[C@@]1(C)C[C@H]2O. The molecular formula is C30H50O2. The van der Waals surface area contributed by atoms with Gasteiger partial charge in [0.25, 0.3) is 0 Å². The first-order chi connectivity index (χ1) is 14.7. The summed E-state index contributed by atoms with van der Waals surface area (Å²) in [7, 11) is 0. The number of aliphatic hydroxyl groups excluding tert-OH is 2. The van der Waals surface area contributed by atoms with E-state index in [0.29, 0.717) is 23.7 Å². The number of rotatable bonds is 0. The molecule has 32 heavy (non-hydrogen) atoms. The maximum absolute atomic E-state index is 11.7. The molecule has 0 aromatic carbocycles. The average Bonchev–Trinajstić information content (AvgIpc) is 2.71. The molecule has 0 saturated heterocycles. The van der Waals surface area contributed by atoms with Crippen molar-refractivity contribution in [1.29, 1.82) is 0 Å². The number of hydrogen-bond acceptors (Lipinski definition) is 2. The molecule has 0 radical (unpaired) electrons. The molecule has 5 aliphatic carbocycles. The van der Waals surface area contributed by atoms with E-state index in [0.717, 1.165) is 31.6 Å². The molecule has 0 spiro atoms. The van der Waals surface area contributed by atoms with E-state index >= 15 is 0 Å². The molecule has 0 aromatic heterocycles. The van der Waals surface area contributed by atoms with E-state index in [1.54, 1.807) is 5.57 Å². The van der Waals surface area contributed by atoms with Crippen molar-refractivity contribution >= 4 is 0 Å². The van der Waals surface area contributed by atoms with Crippen LogP contribution in [0, 0.1) is 56.7 Å². The second-order valence-electron chi connectivity index (χ2n) is 14.7. The fraction of sp³-hybridized carbons (Fsp3) is 0.933. The molecule has 4 saturated carbocycles. The third-order valence-electron chi connectivity index (χ3n) is 13.4. The molecule has 182 valence electrons. The van der Waals surface area contributed by atoms with Crippen molar-refractivity contribution in [3.05, 3.63) is 11.6 Å². The molecule has 0 heterocycles. The summed E-state index contributed by atoms with van der Waals surface area (Å²) < 4.78 is 0. The second kappa shape index (κ2) is 6.87. The van der Waals surface area contributed by atoms with Gasteiger partial charge in [-0.25, -0.2) is 0 Å². The lowest BCUT2D eigenvalue weighted by atomic mass is 9.33. The third kappa shape index (κ3) is 2.61. The standard InChI is InChI=1S/C30H50O2/c1-18-11-14-28(6)24(32)17-30(8)21-9-10-22-26(3,4)23(31)13-15-27(22,5)20(21)12-16-29(30,7)25(28)19(18)2/h9,18-20,22-25,31-32H,10-17H2,1-8H3/t18-,19+,20+,22+,23+,24-,25?,27-,28-,29+,30-/m1/s1. The van der Waals surface area contributed by atoms with Gasteiger partial charge in [-0.05, 0) is 108 Å². The fourth-order valence-electron chi connectivity index (χ4n) is 11.0. The van der Waals surface area contributed by atoms with Gasteiger partial charge in [0.15, 0.2) is 0 Å². The van der Waals surface area contributed by atoms with Crippen molar-refractivity contribution in [2.24, 2.45) is 56.7 Å². The summed E-state index contributed by atoms with van der Waals surface area (Å²) in [5, 5.41) is 22.6. The Morgan fingerprint density at radius 3 is 2.16 bits per heavy atom. The smallest absolute Gasteiger partial charge is 0.0605 e. The van der Waals surface area contributed by atoms with Crippen LogP contribution in [0.15, 0.2) is 11.6 Å². The predicted molar refractivity (Wildman–Crippen MR) is 132 cm³/mol. The molecule has 4 fully saturated rings. The van der Waals surface area contributed by atoms with E-state index in [1.165, 1.54) is 25.7 Å². The van der Waals surface area contributed by atoms with Crippen molar-refractivity contribution in [3.63, 3.8) is 0 Å². The molecule has 2 nitrogen and oxygen atoms in total. The van der Waals surface area contributed by atoms with Gasteiger partial charge in [-0.1, -0.05) is 67.0 Å². The minimum absolute atomic E-state index is 0.0192. The molecular weight excluding hydrogens is 392 g/mol. The highest BCUT2D eigenvalue weighted by atomic mass is 16.3. The first kappa shape index (κ1) is 23.4. The van der Waals surface area contributed by atoms with Crippen molar-refractivity contribution < 1.29 is 10.2 Å². The quantitative estimate of drug-likeness (QED) is 0.397. The molecule has 0 bridgehead atoms. The van der Waals surface area contributed by atoms with Crippen LogP contribution in [-0.4, -0.2) is 22.4 Å². The molecule has 11 atom stereocenters. The van der Waals surface area contributed by atoms with Crippen molar-refractivity contribution in [2.45, 2.75) is 119 Å². The lowest BCUT2D eigenvalue weighted by Crippen LogP contribution is -2.67. The van der Waals surface area contributed by atoms with Crippen LogP contribution in [0.4, 0.5) is 0 Å². The Hall–Kier alpha value is -0.340. The van der Waals surface area contributed by atoms with Crippen LogP contribution in [-0.2, 0) is 0 Å². The lowest BCUT2D eigenvalue weighted by molar-refractivity contribution is -0.226. The summed E-state index contributed by atoms with van der Waals surface area (Å²) in [5.41, 5.74) is 2.35. The summed E-state index contributed by atoms with van der Waals surface area (Å²) in [6.45, 7) is 19.7. The Labute approximate surface area is 197 Å². The Morgan fingerprint density at radius 1 is 0.812 bits per heavy atom. The molecule has 0 amide bonds. The Balaban J connectivity index is 1.61. The summed E-state index contributed by atoms with van der Waals surface area (Å²) in [6.07, 6.45) is 11.4. The van der Waals surface area contributed by atoms with Gasteiger partial charge in [-0.3, -0.25) is 0 Å². The average molecular weight is 443 g/mol. The Kier molecular flexibility index (Phi) is 5.02. The normalized spacial score (nSPS) is 59.2. The molecule has 0 aliphatic heterocycles. The third-order valence-corrected chi connectivity index (χ3v) is 13.4. The van der Waals surface area contributed by atoms with Crippen LogP contribution in [0.3, 0.4) is 0 Å². The summed E-state index contributed by atoms with van der Waals surface area (Å²) in [6, 6.07) is 0. The molecule has 5 rings (SSSR count). The van der Waals surface area contributed by atoms with E-state index in [9.17, 15) is 10.2 Å². The highest BCUT2D eigenvalue weighted by Gasteiger charge is 2.69. The molecule has 5 aliphatic rings. The van der Waals surface area contributed by atoms with Crippen molar-refractivity contribution in [3.8, 4) is 0 Å². The van der Waals surface area contributed by atoms with Gasteiger partial charge < -0.3 is 10.2 Å². The van der Waals surface area contributed by atoms with Gasteiger partial charge in [0.1, 0.15) is 0 Å². The van der Waals surface area contributed by atoms with Gasteiger partial charge in [0.2, 0.25) is 0 Å². The number of hydrogen-bond donors (Lipinski definition) is 2. The topological polar surface area (TPSA) is 40.5 Å². The van der Waals surface area contributed by atoms with Crippen LogP contribution < -0.4 is 0 Å².